The fourth-order valence-corrected chi connectivity index (χ4v) is 2.71. The number of ether oxygens (including phenoxy) is 4. The summed E-state index contributed by atoms with van der Waals surface area (Å²) in [5.41, 5.74) is 0.941. The molecule has 3 aromatic carbocycles. The summed E-state index contributed by atoms with van der Waals surface area (Å²) in [6.07, 6.45) is 0. The molecular formula is C21H19FO5. The topological polar surface area (TPSA) is 54.0 Å². The Morgan fingerprint density at radius 1 is 0.963 bits per heavy atom. The average molecular weight is 370 g/mol. The van der Waals surface area contributed by atoms with Gasteiger partial charge in [0.2, 0.25) is 5.75 Å². The molecule has 0 atom stereocenters. The Morgan fingerprint density at radius 2 is 1.74 bits per heavy atom. The molecule has 0 aliphatic heterocycles. The number of fused-ring (bicyclic) bond motifs is 1. The van der Waals surface area contributed by atoms with Crippen molar-refractivity contribution in [2.45, 2.75) is 6.61 Å². The van der Waals surface area contributed by atoms with Gasteiger partial charge in [0.05, 0.1) is 20.8 Å². The molecule has 0 amide bonds. The summed E-state index contributed by atoms with van der Waals surface area (Å²) in [7, 11) is 2.90. The first kappa shape index (κ1) is 18.7. The van der Waals surface area contributed by atoms with Crippen molar-refractivity contribution in [3.63, 3.8) is 0 Å². The number of halogens is 1. The molecular weight excluding hydrogens is 351 g/mol. The molecule has 6 heteroatoms. The zero-order chi connectivity index (χ0) is 19.2. The van der Waals surface area contributed by atoms with Crippen LogP contribution >= 0.6 is 0 Å². The van der Waals surface area contributed by atoms with Crippen molar-refractivity contribution in [2.24, 2.45) is 0 Å². The number of benzene rings is 3. The number of methoxy groups -OCH3 is 2. The summed E-state index contributed by atoms with van der Waals surface area (Å²) in [6.45, 7) is 0.0205. The van der Waals surface area contributed by atoms with E-state index in [1.807, 2.05) is 30.3 Å². The van der Waals surface area contributed by atoms with E-state index in [1.54, 1.807) is 12.1 Å². The van der Waals surface area contributed by atoms with Crippen LogP contribution < -0.4 is 14.2 Å². The summed E-state index contributed by atoms with van der Waals surface area (Å²) >= 11 is 0. The zero-order valence-electron chi connectivity index (χ0n) is 15.0. The highest BCUT2D eigenvalue weighted by molar-refractivity contribution is 5.95. The Hall–Kier alpha value is -3.12. The van der Waals surface area contributed by atoms with Crippen molar-refractivity contribution in [1.29, 1.82) is 0 Å². The van der Waals surface area contributed by atoms with Crippen LogP contribution in [0.2, 0.25) is 0 Å². The minimum atomic E-state index is -0.622. The molecule has 0 saturated heterocycles. The molecule has 0 bridgehead atoms. The third kappa shape index (κ3) is 4.35. The maximum absolute atomic E-state index is 13.7. The highest BCUT2D eigenvalue weighted by atomic mass is 19.1. The molecule has 140 valence electrons. The van der Waals surface area contributed by atoms with Gasteiger partial charge in [-0.05, 0) is 29.1 Å². The van der Waals surface area contributed by atoms with Gasteiger partial charge in [-0.15, -0.1) is 0 Å². The number of carbonyl (C=O) groups is 1. The van der Waals surface area contributed by atoms with E-state index < -0.39 is 11.8 Å². The molecule has 0 aromatic heterocycles. The van der Waals surface area contributed by atoms with E-state index in [4.69, 9.17) is 18.9 Å². The van der Waals surface area contributed by atoms with E-state index in [2.05, 4.69) is 0 Å². The van der Waals surface area contributed by atoms with Crippen molar-refractivity contribution in [3.05, 3.63) is 66.0 Å². The van der Waals surface area contributed by atoms with Crippen molar-refractivity contribution in [2.75, 3.05) is 20.8 Å². The summed E-state index contributed by atoms with van der Waals surface area (Å²) in [5.74, 6) is -0.383. The van der Waals surface area contributed by atoms with E-state index in [1.165, 1.54) is 26.4 Å². The lowest BCUT2D eigenvalue weighted by molar-refractivity contribution is -0.139. The van der Waals surface area contributed by atoms with Crippen LogP contribution in [0, 0.1) is 5.82 Å². The molecule has 0 saturated carbocycles. The van der Waals surface area contributed by atoms with E-state index in [9.17, 15) is 9.18 Å². The molecule has 0 aliphatic carbocycles. The van der Waals surface area contributed by atoms with Crippen LogP contribution in [0.25, 0.3) is 10.8 Å². The minimum Gasteiger partial charge on any atom is -0.493 e. The second-order valence-corrected chi connectivity index (χ2v) is 5.76. The maximum atomic E-state index is 13.7. The van der Waals surface area contributed by atoms with E-state index in [0.29, 0.717) is 16.5 Å². The molecule has 3 aromatic rings. The van der Waals surface area contributed by atoms with E-state index in [0.717, 1.165) is 5.56 Å². The van der Waals surface area contributed by atoms with Crippen LogP contribution in [0.5, 0.6) is 17.2 Å². The fraction of sp³-hybridized carbons (Fsp3) is 0.190. The number of carbonyl (C=O) groups excluding carboxylic acids is 1. The molecule has 27 heavy (non-hydrogen) atoms. The minimum absolute atomic E-state index is 0.0969. The second kappa shape index (κ2) is 8.51. The first-order valence-electron chi connectivity index (χ1n) is 8.29. The van der Waals surface area contributed by atoms with Crippen LogP contribution in [0.1, 0.15) is 5.56 Å². The molecule has 0 N–H and O–H groups in total. The molecule has 0 spiro atoms. The lowest BCUT2D eigenvalue weighted by atomic mass is 10.1. The zero-order valence-corrected chi connectivity index (χ0v) is 15.0. The van der Waals surface area contributed by atoms with Crippen LogP contribution in [0.3, 0.4) is 0 Å². The average Bonchev–Trinajstić information content (AvgIpc) is 2.68. The number of esters is 1. The van der Waals surface area contributed by atoms with Gasteiger partial charge in [0.25, 0.3) is 0 Å². The first-order valence-corrected chi connectivity index (χ1v) is 8.29. The Bertz CT molecular complexity index is 940. The van der Waals surface area contributed by atoms with Gasteiger partial charge in [-0.25, -0.2) is 9.18 Å². The van der Waals surface area contributed by atoms with Gasteiger partial charge in [0, 0.05) is 5.39 Å². The summed E-state index contributed by atoms with van der Waals surface area (Å²) in [5, 5.41) is 1.06. The normalized spacial score (nSPS) is 10.6. The van der Waals surface area contributed by atoms with Gasteiger partial charge in [0.1, 0.15) is 12.4 Å². The lowest BCUT2D eigenvalue weighted by Gasteiger charge is -2.15. The van der Waals surface area contributed by atoms with Crippen LogP contribution in [-0.4, -0.2) is 26.8 Å². The smallest absolute Gasteiger partial charge is 0.337 e. The predicted octanol–water partition coefficient (Wildman–Crippen LogP) is 4.12. The second-order valence-electron chi connectivity index (χ2n) is 5.76. The quantitative estimate of drug-likeness (QED) is 0.463. The Kier molecular flexibility index (Phi) is 5.88. The third-order valence-corrected chi connectivity index (χ3v) is 3.95. The van der Waals surface area contributed by atoms with Gasteiger partial charge in [-0.2, -0.15) is 0 Å². The van der Waals surface area contributed by atoms with Crippen LogP contribution in [0.4, 0.5) is 4.39 Å². The van der Waals surface area contributed by atoms with Gasteiger partial charge in [0.15, 0.2) is 11.5 Å². The third-order valence-electron chi connectivity index (χ3n) is 3.95. The van der Waals surface area contributed by atoms with Crippen LogP contribution in [-0.2, 0) is 16.1 Å². The Balaban J connectivity index is 1.81. The molecule has 5 nitrogen and oxygen atoms in total. The first-order chi connectivity index (χ1) is 13.1. The van der Waals surface area contributed by atoms with Crippen LogP contribution in [0.15, 0.2) is 54.6 Å². The van der Waals surface area contributed by atoms with Gasteiger partial charge >= 0.3 is 5.97 Å². The molecule has 0 aliphatic rings. The highest BCUT2D eigenvalue weighted by Crippen LogP contribution is 2.43. The van der Waals surface area contributed by atoms with Gasteiger partial charge < -0.3 is 18.9 Å². The summed E-state index contributed by atoms with van der Waals surface area (Å²) in [6, 6.07) is 15.3. The van der Waals surface area contributed by atoms with Gasteiger partial charge in [-0.1, -0.05) is 36.4 Å². The lowest BCUT2D eigenvalue weighted by Crippen LogP contribution is -2.16. The maximum Gasteiger partial charge on any atom is 0.337 e. The molecule has 3 rings (SSSR count). The van der Waals surface area contributed by atoms with Gasteiger partial charge in [-0.3, -0.25) is 0 Å². The van der Waals surface area contributed by atoms with Crippen molar-refractivity contribution < 1.29 is 28.1 Å². The van der Waals surface area contributed by atoms with Crippen molar-refractivity contribution in [1.82, 2.24) is 0 Å². The summed E-state index contributed by atoms with van der Waals surface area (Å²) < 4.78 is 35.2. The number of hydrogen-bond acceptors (Lipinski definition) is 5. The predicted molar refractivity (Wildman–Crippen MR) is 98.7 cm³/mol. The highest BCUT2D eigenvalue weighted by Gasteiger charge is 2.20. The van der Waals surface area contributed by atoms with Crippen molar-refractivity contribution >= 4 is 16.7 Å². The molecule has 0 heterocycles. The largest absolute Gasteiger partial charge is 0.493 e. The number of rotatable bonds is 7. The number of hydrogen-bond donors (Lipinski definition) is 0. The molecule has 0 unspecified atom stereocenters. The molecule has 0 fully saturated rings. The van der Waals surface area contributed by atoms with E-state index >= 15 is 0 Å². The SMILES string of the molecule is COc1cc2ccc(F)cc2c(OC(=O)COCc2ccccc2)c1OC. The fourth-order valence-electron chi connectivity index (χ4n) is 2.71. The Labute approximate surface area is 156 Å². The summed E-state index contributed by atoms with van der Waals surface area (Å²) in [4.78, 5) is 12.3. The monoisotopic (exact) mass is 370 g/mol. The molecule has 0 radical (unpaired) electrons. The van der Waals surface area contributed by atoms with Crippen molar-refractivity contribution in [3.8, 4) is 17.2 Å². The van der Waals surface area contributed by atoms with E-state index in [-0.39, 0.29) is 24.7 Å². The Morgan fingerprint density at radius 3 is 2.44 bits per heavy atom. The standard InChI is InChI=1S/C21H19FO5/c1-24-18-10-15-8-9-16(22)11-17(15)20(21(18)25-2)27-19(23)13-26-12-14-6-4-3-5-7-14/h3-11H,12-13H2,1-2H3.